The smallest absolute Gasteiger partial charge is 0.268 e. The highest BCUT2D eigenvalue weighted by Crippen LogP contribution is 2.62. The largest absolute Gasteiger partial charge is 0.494 e. The van der Waals surface area contributed by atoms with Crippen molar-refractivity contribution >= 4 is 48.9 Å². The minimum Gasteiger partial charge on any atom is -0.494 e. The highest BCUT2D eigenvalue weighted by molar-refractivity contribution is 6.72. The summed E-state index contributed by atoms with van der Waals surface area (Å²) in [7, 11) is -3.65. The van der Waals surface area contributed by atoms with E-state index in [1.807, 2.05) is 111 Å². The number of aliphatic hydroxyl groups excluding tert-OH is 2. The predicted octanol–water partition coefficient (Wildman–Crippen LogP) is 6.90. The second kappa shape index (κ2) is 17.7. The number of para-hydroxylation sites is 1. The first-order valence-electron chi connectivity index (χ1n) is 20.7. The third kappa shape index (κ3) is 8.18. The van der Waals surface area contributed by atoms with E-state index < -0.39 is 37.6 Å². The number of carbonyl (C=O) groups excluding carboxylic acids is 3. The van der Waals surface area contributed by atoms with Gasteiger partial charge in [0, 0.05) is 48.1 Å². The number of benzene rings is 4. The molecule has 1 spiro atoms. The number of nitrogens with zero attached hydrogens (tertiary/aromatic N) is 3. The van der Waals surface area contributed by atoms with Crippen molar-refractivity contribution in [2.75, 3.05) is 42.7 Å². The quantitative estimate of drug-likeness (QED) is 0.0633. The Hall–Kier alpha value is -4.92. The summed E-state index contributed by atoms with van der Waals surface area (Å²) in [6.45, 7) is 8.16. The van der Waals surface area contributed by atoms with Crippen LogP contribution in [0.2, 0.25) is 18.6 Å². The van der Waals surface area contributed by atoms with Gasteiger partial charge in [-0.2, -0.15) is 0 Å². The zero-order valence-electron chi connectivity index (χ0n) is 34.3. The maximum Gasteiger partial charge on any atom is 0.268 e. The number of carbonyl (C=O) groups is 3. The lowest BCUT2D eigenvalue weighted by Crippen LogP contribution is -2.49. The molecule has 4 aromatic carbocycles. The third-order valence-corrected chi connectivity index (χ3v) is 14.4. The molecule has 4 aromatic rings. The van der Waals surface area contributed by atoms with Crippen LogP contribution in [-0.2, 0) is 37.7 Å². The summed E-state index contributed by atoms with van der Waals surface area (Å²) in [4.78, 5) is 48.9. The molecule has 3 N–H and O–H groups in total. The fraction of sp³-hybridized carbons (Fsp3) is 0.413. The molecule has 0 bridgehead atoms. The molecule has 5 atom stereocenters. The molecular weight excluding hydrogens is 768 g/mol. The lowest BCUT2D eigenvalue weighted by molar-refractivity contribution is -0.149. The standard InChI is InChI=1S/C46H55FN4O7Si/c1-5-57-36-19-21-39-33(26-36)27-38(48-22-12-13-24-52)44(55)50(39)35-18-20-40-37(28-35)46(45(56)51(40)34-16-10-7-11-17-34)31(2)43(59(3,4)47)41(58-46)29-42(54)49(23-25-53)30-32-14-8-6-9-15-32/h6-11,14-21,26,28,31,38,41,43,48,52-53H,5,12-13,22-25,27,29-30H2,1-4H3/t31-,38?,41+,43-,46+/m1/s1. The maximum absolute atomic E-state index is 16.9. The number of aliphatic hydroxyl groups is 2. The minimum atomic E-state index is -3.65. The van der Waals surface area contributed by atoms with Crippen LogP contribution in [0.1, 0.15) is 49.8 Å². The van der Waals surface area contributed by atoms with Gasteiger partial charge in [0.2, 0.25) is 20.2 Å². The Bertz CT molecular complexity index is 2140. The van der Waals surface area contributed by atoms with E-state index >= 15 is 8.90 Å². The molecule has 0 aliphatic carbocycles. The molecule has 1 saturated heterocycles. The first kappa shape index (κ1) is 42.2. The van der Waals surface area contributed by atoms with Gasteiger partial charge in [0.05, 0.1) is 43.2 Å². The van der Waals surface area contributed by atoms with E-state index in [1.165, 1.54) is 0 Å². The van der Waals surface area contributed by atoms with Gasteiger partial charge >= 0.3 is 0 Å². The van der Waals surface area contributed by atoms with Crippen LogP contribution >= 0.6 is 0 Å². The number of fused-ring (bicyclic) bond motifs is 3. The Morgan fingerprint density at radius 2 is 1.64 bits per heavy atom. The number of anilines is 4. The number of amides is 3. The van der Waals surface area contributed by atoms with Gasteiger partial charge in [0.15, 0.2) is 5.60 Å². The van der Waals surface area contributed by atoms with Crippen molar-refractivity contribution in [3.8, 4) is 5.75 Å². The van der Waals surface area contributed by atoms with E-state index in [9.17, 15) is 19.8 Å². The van der Waals surface area contributed by atoms with Crippen LogP contribution in [0.15, 0.2) is 97.1 Å². The predicted molar refractivity (Wildman–Crippen MR) is 228 cm³/mol. The van der Waals surface area contributed by atoms with E-state index in [2.05, 4.69) is 5.32 Å². The van der Waals surface area contributed by atoms with Crippen LogP contribution in [-0.4, -0.2) is 86.3 Å². The van der Waals surface area contributed by atoms with E-state index in [-0.39, 0.29) is 50.4 Å². The molecule has 0 saturated carbocycles. The molecule has 1 fully saturated rings. The fourth-order valence-electron chi connectivity index (χ4n) is 9.37. The summed E-state index contributed by atoms with van der Waals surface area (Å²) in [6.07, 6.45) is 0.618. The number of rotatable bonds is 16. The topological polar surface area (TPSA) is 132 Å². The van der Waals surface area contributed by atoms with Crippen molar-refractivity contribution in [2.45, 2.75) is 82.5 Å². The summed E-state index contributed by atoms with van der Waals surface area (Å²) in [5.41, 5.74) is 2.23. The fourth-order valence-corrected chi connectivity index (χ4v) is 11.9. The summed E-state index contributed by atoms with van der Waals surface area (Å²) in [6, 6.07) is 29.3. The zero-order chi connectivity index (χ0) is 41.9. The van der Waals surface area contributed by atoms with Gasteiger partial charge < -0.3 is 34.0 Å². The molecule has 3 amide bonds. The highest BCUT2D eigenvalue weighted by Gasteiger charge is 2.67. The number of halogens is 1. The van der Waals surface area contributed by atoms with Gasteiger partial charge in [0.25, 0.3) is 5.91 Å². The number of hydrogen-bond donors (Lipinski definition) is 3. The zero-order valence-corrected chi connectivity index (χ0v) is 35.3. The van der Waals surface area contributed by atoms with Crippen LogP contribution in [0.4, 0.5) is 26.9 Å². The molecule has 59 heavy (non-hydrogen) atoms. The molecule has 3 aliphatic rings. The van der Waals surface area contributed by atoms with Crippen molar-refractivity contribution in [1.82, 2.24) is 10.2 Å². The van der Waals surface area contributed by atoms with E-state index in [0.29, 0.717) is 66.5 Å². The normalized spacial score (nSPS) is 22.5. The number of ether oxygens (including phenoxy) is 2. The van der Waals surface area contributed by atoms with E-state index in [4.69, 9.17) is 9.47 Å². The SMILES string of the molecule is CCOc1ccc2c(c1)CC(NCCCCO)C(=O)N2c1ccc2c(c1)[C@]1(O[C@@H](CC(=O)N(CCO)Cc3ccccc3)[C@H]([Si](C)(C)F)[C@H]1C)C(=O)N2c1ccccc1. The molecular formula is C46H55FN4O7Si. The van der Waals surface area contributed by atoms with Gasteiger partial charge in [-0.15, -0.1) is 0 Å². The second-order valence-corrected chi connectivity index (χ2v) is 20.0. The van der Waals surface area contributed by atoms with Gasteiger partial charge in [-0.3, -0.25) is 24.2 Å². The molecule has 11 nitrogen and oxygen atoms in total. The van der Waals surface area contributed by atoms with Gasteiger partial charge in [-0.25, -0.2) is 0 Å². The van der Waals surface area contributed by atoms with Gasteiger partial charge in [-0.05, 0) is 105 Å². The lowest BCUT2D eigenvalue weighted by atomic mass is 9.82. The molecule has 0 radical (unpaired) electrons. The second-order valence-electron chi connectivity index (χ2n) is 16.2. The lowest BCUT2D eigenvalue weighted by Gasteiger charge is -2.36. The Kier molecular flexibility index (Phi) is 12.7. The Labute approximate surface area is 346 Å². The van der Waals surface area contributed by atoms with Gasteiger partial charge in [-0.1, -0.05) is 55.5 Å². The molecule has 7 rings (SSSR count). The van der Waals surface area contributed by atoms with Crippen molar-refractivity contribution in [2.24, 2.45) is 5.92 Å². The first-order chi connectivity index (χ1) is 28.4. The Morgan fingerprint density at radius 1 is 0.932 bits per heavy atom. The van der Waals surface area contributed by atoms with Crippen LogP contribution in [0.3, 0.4) is 0 Å². The average Bonchev–Trinajstić information content (AvgIpc) is 3.66. The summed E-state index contributed by atoms with van der Waals surface area (Å²) in [5, 5.41) is 22.7. The number of nitrogens with one attached hydrogen (secondary N) is 1. The maximum atomic E-state index is 16.9. The minimum absolute atomic E-state index is 0.0651. The van der Waals surface area contributed by atoms with Crippen LogP contribution in [0, 0.1) is 5.92 Å². The summed E-state index contributed by atoms with van der Waals surface area (Å²) >= 11 is 0. The summed E-state index contributed by atoms with van der Waals surface area (Å²) < 4.78 is 29.7. The molecule has 3 aliphatic heterocycles. The van der Waals surface area contributed by atoms with Crippen molar-refractivity contribution < 1.29 is 38.2 Å². The van der Waals surface area contributed by atoms with Crippen molar-refractivity contribution in [1.29, 1.82) is 0 Å². The third-order valence-electron chi connectivity index (χ3n) is 12.0. The van der Waals surface area contributed by atoms with Crippen LogP contribution in [0.25, 0.3) is 0 Å². The molecule has 0 aromatic heterocycles. The average molecular weight is 823 g/mol. The van der Waals surface area contributed by atoms with Gasteiger partial charge in [0.1, 0.15) is 5.75 Å². The number of hydrogen-bond acceptors (Lipinski definition) is 8. The van der Waals surface area contributed by atoms with Crippen LogP contribution in [0.5, 0.6) is 5.75 Å². The van der Waals surface area contributed by atoms with Crippen molar-refractivity contribution in [3.05, 3.63) is 114 Å². The van der Waals surface area contributed by atoms with E-state index in [0.717, 1.165) is 11.1 Å². The monoisotopic (exact) mass is 822 g/mol. The molecule has 1 unspecified atom stereocenters. The van der Waals surface area contributed by atoms with E-state index in [1.54, 1.807) is 27.8 Å². The Balaban J connectivity index is 1.33. The molecule has 312 valence electrons. The highest BCUT2D eigenvalue weighted by atomic mass is 28.4. The van der Waals surface area contributed by atoms with Crippen LogP contribution < -0.4 is 19.9 Å². The number of unbranched alkanes of at least 4 members (excludes halogenated alkanes) is 1. The summed E-state index contributed by atoms with van der Waals surface area (Å²) in [5.74, 6) is -0.866. The van der Waals surface area contributed by atoms with Crippen molar-refractivity contribution in [3.63, 3.8) is 0 Å². The Morgan fingerprint density at radius 3 is 2.32 bits per heavy atom. The molecule has 13 heteroatoms. The molecule has 3 heterocycles. The first-order valence-corrected chi connectivity index (χ1v) is 23.7.